The van der Waals surface area contributed by atoms with Crippen LogP contribution in [-0.4, -0.2) is 36.0 Å². The fourth-order valence-electron chi connectivity index (χ4n) is 1.66. The molecule has 0 radical (unpaired) electrons. The Morgan fingerprint density at radius 1 is 1.67 bits per heavy atom. The van der Waals surface area contributed by atoms with Gasteiger partial charge in [-0.2, -0.15) is 0 Å². The van der Waals surface area contributed by atoms with Crippen LogP contribution in [0.1, 0.15) is 19.8 Å². The van der Waals surface area contributed by atoms with Gasteiger partial charge in [-0.1, -0.05) is 6.92 Å². The zero-order chi connectivity index (χ0) is 8.97. The lowest BCUT2D eigenvalue weighted by atomic mass is 10.0. The van der Waals surface area contributed by atoms with E-state index < -0.39 is 0 Å². The highest BCUT2D eigenvalue weighted by Crippen LogP contribution is 2.16. The molecule has 2 unspecified atom stereocenters. The van der Waals surface area contributed by atoms with E-state index in [1.165, 1.54) is 11.4 Å². The number of aliphatic hydroxyl groups is 1. The highest BCUT2D eigenvalue weighted by atomic mass is 16.3. The summed E-state index contributed by atoms with van der Waals surface area (Å²) in [5, 5.41) is 13.5. The van der Waals surface area contributed by atoms with Crippen molar-refractivity contribution in [3.05, 3.63) is 0 Å². The Kier molecular flexibility index (Phi) is 3.94. The third-order valence-corrected chi connectivity index (χ3v) is 2.60. The fraction of sp³-hybridized carbons (Fsp3) is 1.00. The smallest absolute Gasteiger partial charge is 0.108 e. The third-order valence-electron chi connectivity index (χ3n) is 2.60. The number of hydrogen-bond acceptors (Lipinski definition) is 4. The van der Waals surface area contributed by atoms with Crippen LogP contribution < -0.4 is 11.2 Å². The predicted octanol–water partition coefficient (Wildman–Crippen LogP) is -0.500. The summed E-state index contributed by atoms with van der Waals surface area (Å²) in [5.41, 5.74) is 0. The first-order chi connectivity index (χ1) is 5.74. The van der Waals surface area contributed by atoms with Crippen LogP contribution in [-0.2, 0) is 0 Å². The van der Waals surface area contributed by atoms with Gasteiger partial charge >= 0.3 is 0 Å². The van der Waals surface area contributed by atoms with Crippen molar-refractivity contribution in [2.24, 2.45) is 11.8 Å². The maximum atomic E-state index is 8.66. The first kappa shape index (κ1) is 9.92. The molecule has 1 fully saturated rings. The molecule has 2 atom stereocenters. The quantitative estimate of drug-likeness (QED) is 0.305. The van der Waals surface area contributed by atoms with E-state index in [2.05, 4.69) is 12.2 Å². The second-order valence-electron chi connectivity index (χ2n) is 3.57. The van der Waals surface area contributed by atoms with Gasteiger partial charge in [0.25, 0.3) is 0 Å². The van der Waals surface area contributed by atoms with Gasteiger partial charge in [-0.05, 0) is 25.3 Å². The SMILES string of the molecule is CC1CCNC1CCN(N)CO. The lowest BCUT2D eigenvalue weighted by Crippen LogP contribution is -2.37. The number of nitrogens with one attached hydrogen (secondary N) is 1. The van der Waals surface area contributed by atoms with Gasteiger partial charge in [0.1, 0.15) is 6.73 Å². The molecule has 0 aromatic heterocycles. The molecule has 0 spiro atoms. The first-order valence-electron chi connectivity index (χ1n) is 4.58. The standard InChI is InChI=1S/C8H19N3O/c1-7-2-4-10-8(7)3-5-11(9)6-12/h7-8,10,12H,2-6,9H2,1H3. The molecule has 4 N–H and O–H groups in total. The van der Waals surface area contributed by atoms with E-state index in [1.54, 1.807) is 0 Å². The Labute approximate surface area is 73.7 Å². The van der Waals surface area contributed by atoms with Gasteiger partial charge in [0, 0.05) is 12.6 Å². The third kappa shape index (κ3) is 2.71. The van der Waals surface area contributed by atoms with E-state index in [4.69, 9.17) is 10.9 Å². The van der Waals surface area contributed by atoms with Crippen LogP contribution in [0.5, 0.6) is 0 Å². The summed E-state index contributed by atoms with van der Waals surface area (Å²) in [5.74, 6) is 6.20. The molecule has 0 aliphatic carbocycles. The van der Waals surface area contributed by atoms with Crippen molar-refractivity contribution in [1.29, 1.82) is 0 Å². The lowest BCUT2D eigenvalue weighted by Gasteiger charge is -2.19. The van der Waals surface area contributed by atoms with Gasteiger partial charge in [-0.25, -0.2) is 5.01 Å². The number of hydrazine groups is 1. The summed E-state index contributed by atoms with van der Waals surface area (Å²) in [4.78, 5) is 0. The van der Waals surface area contributed by atoms with Crippen molar-refractivity contribution in [3.8, 4) is 0 Å². The molecule has 0 aromatic rings. The molecule has 0 amide bonds. The molecule has 12 heavy (non-hydrogen) atoms. The molecule has 1 aliphatic rings. The van der Waals surface area contributed by atoms with Crippen molar-refractivity contribution >= 4 is 0 Å². The minimum atomic E-state index is -0.0545. The predicted molar refractivity (Wildman–Crippen MR) is 48.2 cm³/mol. The van der Waals surface area contributed by atoms with E-state index in [0.29, 0.717) is 6.04 Å². The number of aliphatic hydroxyl groups excluding tert-OH is 1. The lowest BCUT2D eigenvalue weighted by molar-refractivity contribution is 0.103. The molecule has 1 heterocycles. The van der Waals surface area contributed by atoms with Crippen molar-refractivity contribution in [1.82, 2.24) is 10.3 Å². The molecule has 1 rings (SSSR count). The maximum Gasteiger partial charge on any atom is 0.108 e. The highest BCUT2D eigenvalue weighted by molar-refractivity contribution is 4.80. The largest absolute Gasteiger partial charge is 0.380 e. The van der Waals surface area contributed by atoms with Gasteiger partial charge in [0.2, 0.25) is 0 Å². The molecular weight excluding hydrogens is 154 g/mol. The Hall–Kier alpha value is -0.160. The van der Waals surface area contributed by atoms with Gasteiger partial charge < -0.3 is 10.4 Å². The highest BCUT2D eigenvalue weighted by Gasteiger charge is 2.22. The molecule has 1 aliphatic heterocycles. The van der Waals surface area contributed by atoms with Crippen LogP contribution in [0.3, 0.4) is 0 Å². The second-order valence-corrected chi connectivity index (χ2v) is 3.57. The van der Waals surface area contributed by atoms with Crippen LogP contribution in [0.2, 0.25) is 0 Å². The van der Waals surface area contributed by atoms with Crippen LogP contribution in [0, 0.1) is 5.92 Å². The molecular formula is C8H19N3O. The Bertz CT molecular complexity index is 131. The molecule has 0 saturated carbocycles. The van der Waals surface area contributed by atoms with E-state index in [-0.39, 0.29) is 6.73 Å². The molecule has 4 heteroatoms. The van der Waals surface area contributed by atoms with E-state index in [0.717, 1.165) is 25.4 Å². The summed E-state index contributed by atoms with van der Waals surface area (Å²) in [7, 11) is 0. The molecule has 4 nitrogen and oxygen atoms in total. The number of rotatable bonds is 4. The topological polar surface area (TPSA) is 61.5 Å². The summed E-state index contributed by atoms with van der Waals surface area (Å²) < 4.78 is 0. The van der Waals surface area contributed by atoms with E-state index >= 15 is 0 Å². The van der Waals surface area contributed by atoms with Crippen LogP contribution in [0.4, 0.5) is 0 Å². The van der Waals surface area contributed by atoms with Gasteiger partial charge in [-0.15, -0.1) is 0 Å². The molecule has 0 aromatic carbocycles. The Morgan fingerprint density at radius 2 is 2.42 bits per heavy atom. The van der Waals surface area contributed by atoms with Crippen molar-refractivity contribution in [2.75, 3.05) is 19.8 Å². The molecule has 72 valence electrons. The van der Waals surface area contributed by atoms with Gasteiger partial charge in [-0.3, -0.25) is 5.84 Å². The normalized spacial score (nSPS) is 30.0. The molecule has 1 saturated heterocycles. The van der Waals surface area contributed by atoms with Gasteiger partial charge in [0.05, 0.1) is 0 Å². The van der Waals surface area contributed by atoms with E-state index in [9.17, 15) is 0 Å². The van der Waals surface area contributed by atoms with E-state index in [1.807, 2.05) is 0 Å². The number of nitrogens with zero attached hydrogens (tertiary/aromatic N) is 1. The summed E-state index contributed by atoms with van der Waals surface area (Å²) in [6, 6.07) is 0.586. The monoisotopic (exact) mass is 173 g/mol. The Balaban J connectivity index is 2.13. The van der Waals surface area contributed by atoms with Crippen LogP contribution >= 0.6 is 0 Å². The first-order valence-corrected chi connectivity index (χ1v) is 4.58. The fourth-order valence-corrected chi connectivity index (χ4v) is 1.66. The average molecular weight is 173 g/mol. The minimum absolute atomic E-state index is 0.0545. The zero-order valence-corrected chi connectivity index (χ0v) is 7.66. The average Bonchev–Trinajstić information content (AvgIpc) is 2.47. The van der Waals surface area contributed by atoms with Crippen molar-refractivity contribution in [2.45, 2.75) is 25.8 Å². The minimum Gasteiger partial charge on any atom is -0.380 e. The van der Waals surface area contributed by atoms with Crippen molar-refractivity contribution in [3.63, 3.8) is 0 Å². The van der Waals surface area contributed by atoms with Crippen LogP contribution in [0.15, 0.2) is 0 Å². The van der Waals surface area contributed by atoms with Crippen molar-refractivity contribution < 1.29 is 5.11 Å². The summed E-state index contributed by atoms with van der Waals surface area (Å²) in [6.45, 7) is 4.08. The Morgan fingerprint density at radius 3 is 2.92 bits per heavy atom. The van der Waals surface area contributed by atoms with Crippen LogP contribution in [0.25, 0.3) is 0 Å². The van der Waals surface area contributed by atoms with Gasteiger partial charge in [0.15, 0.2) is 0 Å². The summed E-state index contributed by atoms with van der Waals surface area (Å²) in [6.07, 6.45) is 2.28. The maximum absolute atomic E-state index is 8.66. The molecule has 0 bridgehead atoms. The summed E-state index contributed by atoms with van der Waals surface area (Å²) >= 11 is 0. The number of hydrogen-bond donors (Lipinski definition) is 3. The number of nitrogens with two attached hydrogens (primary N) is 1. The zero-order valence-electron chi connectivity index (χ0n) is 7.66. The second kappa shape index (κ2) is 4.77.